The van der Waals surface area contributed by atoms with Crippen LogP contribution < -0.4 is 10.5 Å². The fraction of sp³-hybridized carbons (Fsp3) is 0.400. The fourth-order valence-electron chi connectivity index (χ4n) is 1.14. The van der Waals surface area contributed by atoms with Crippen LogP contribution in [0.15, 0.2) is 23.3 Å². The molecule has 0 aliphatic rings. The third-order valence-electron chi connectivity index (χ3n) is 1.85. The van der Waals surface area contributed by atoms with Crippen LogP contribution in [0, 0.1) is 0 Å². The van der Waals surface area contributed by atoms with E-state index >= 15 is 0 Å². The van der Waals surface area contributed by atoms with E-state index in [4.69, 9.17) is 10.5 Å². The molecule has 0 spiro atoms. The molecule has 1 aromatic heterocycles. The van der Waals surface area contributed by atoms with Crippen LogP contribution in [0.1, 0.15) is 25.5 Å². The number of hydrogen-bond donors (Lipinski definition) is 1. The number of nitrogens with two attached hydrogens (primary N) is 1. The van der Waals surface area contributed by atoms with Gasteiger partial charge in [-0.3, -0.25) is 4.99 Å². The lowest BCUT2D eigenvalue weighted by atomic mass is 10.1. The molecule has 0 fully saturated rings. The van der Waals surface area contributed by atoms with Gasteiger partial charge in [0.25, 0.3) is 0 Å². The minimum Gasteiger partial charge on any atom is -0.481 e. The average Bonchev–Trinajstić information content (AvgIpc) is 2.17. The van der Waals surface area contributed by atoms with Crippen molar-refractivity contribution < 1.29 is 4.74 Å². The normalized spacial score (nSPS) is 13.8. The maximum atomic E-state index is 5.49. The standard InChI is InChI=1S/C10H15N3O/c1-7(13-8(2)11)9-4-5-10(14-3)12-6-9/h4-7H,1-3H3,(H2,11,13). The minimum atomic E-state index is 0.0402. The van der Waals surface area contributed by atoms with Crippen molar-refractivity contribution in [2.24, 2.45) is 10.7 Å². The third kappa shape index (κ3) is 2.73. The zero-order chi connectivity index (χ0) is 10.6. The topological polar surface area (TPSA) is 60.5 Å². The first-order chi connectivity index (χ1) is 6.63. The third-order valence-corrected chi connectivity index (χ3v) is 1.85. The van der Waals surface area contributed by atoms with Crippen molar-refractivity contribution in [3.05, 3.63) is 23.9 Å². The highest BCUT2D eigenvalue weighted by Crippen LogP contribution is 2.17. The summed E-state index contributed by atoms with van der Waals surface area (Å²) in [6.45, 7) is 3.74. The van der Waals surface area contributed by atoms with Crippen LogP contribution in [0.2, 0.25) is 0 Å². The Balaban J connectivity index is 2.81. The van der Waals surface area contributed by atoms with E-state index in [0.717, 1.165) is 5.56 Å². The summed E-state index contributed by atoms with van der Waals surface area (Å²) >= 11 is 0. The molecule has 4 nitrogen and oxygen atoms in total. The number of amidine groups is 1. The van der Waals surface area contributed by atoms with E-state index in [1.54, 1.807) is 20.2 Å². The van der Waals surface area contributed by atoms with E-state index in [0.29, 0.717) is 11.7 Å². The highest BCUT2D eigenvalue weighted by molar-refractivity contribution is 5.77. The molecule has 1 atom stereocenters. The zero-order valence-electron chi connectivity index (χ0n) is 8.69. The van der Waals surface area contributed by atoms with Gasteiger partial charge in [-0.2, -0.15) is 0 Å². The van der Waals surface area contributed by atoms with Crippen LogP contribution >= 0.6 is 0 Å². The number of ether oxygens (including phenoxy) is 1. The van der Waals surface area contributed by atoms with Gasteiger partial charge < -0.3 is 10.5 Å². The lowest BCUT2D eigenvalue weighted by Gasteiger charge is -2.07. The number of aliphatic imine (C=N–C) groups is 1. The predicted octanol–water partition coefficient (Wildman–Crippen LogP) is 1.53. The van der Waals surface area contributed by atoms with Crippen molar-refractivity contribution in [1.82, 2.24) is 4.98 Å². The molecule has 0 aliphatic carbocycles. The number of hydrogen-bond acceptors (Lipinski definition) is 3. The molecule has 1 unspecified atom stereocenters. The average molecular weight is 193 g/mol. The fourth-order valence-corrected chi connectivity index (χ4v) is 1.14. The molecular weight excluding hydrogens is 178 g/mol. The molecule has 76 valence electrons. The summed E-state index contributed by atoms with van der Waals surface area (Å²) in [5, 5.41) is 0. The Hall–Kier alpha value is -1.58. The van der Waals surface area contributed by atoms with Crippen molar-refractivity contribution >= 4 is 5.84 Å². The maximum absolute atomic E-state index is 5.49. The van der Waals surface area contributed by atoms with Gasteiger partial charge in [0.1, 0.15) is 0 Å². The summed E-state index contributed by atoms with van der Waals surface area (Å²) in [4.78, 5) is 8.31. The summed E-state index contributed by atoms with van der Waals surface area (Å²) < 4.78 is 4.96. The molecular formula is C10H15N3O. The van der Waals surface area contributed by atoms with E-state index in [1.807, 2.05) is 19.1 Å². The van der Waals surface area contributed by atoms with Gasteiger partial charge in [-0.15, -0.1) is 0 Å². The second-order valence-corrected chi connectivity index (χ2v) is 3.08. The number of methoxy groups -OCH3 is 1. The van der Waals surface area contributed by atoms with Gasteiger partial charge >= 0.3 is 0 Å². The molecule has 0 aliphatic heterocycles. The highest BCUT2D eigenvalue weighted by atomic mass is 16.5. The number of pyridine rings is 1. The van der Waals surface area contributed by atoms with Crippen LogP contribution in [0.3, 0.4) is 0 Å². The summed E-state index contributed by atoms with van der Waals surface area (Å²) in [5.74, 6) is 1.18. The summed E-state index contributed by atoms with van der Waals surface area (Å²) in [7, 11) is 1.59. The molecule has 0 saturated heterocycles. The Morgan fingerprint density at radius 1 is 1.57 bits per heavy atom. The van der Waals surface area contributed by atoms with Gasteiger partial charge in [-0.25, -0.2) is 4.98 Å². The highest BCUT2D eigenvalue weighted by Gasteiger charge is 2.03. The van der Waals surface area contributed by atoms with Crippen LogP contribution in [-0.4, -0.2) is 17.9 Å². The maximum Gasteiger partial charge on any atom is 0.212 e. The van der Waals surface area contributed by atoms with Crippen LogP contribution in [0.5, 0.6) is 5.88 Å². The largest absolute Gasteiger partial charge is 0.481 e. The molecule has 0 bridgehead atoms. The molecule has 0 saturated carbocycles. The Kier molecular flexibility index (Phi) is 3.45. The van der Waals surface area contributed by atoms with Gasteiger partial charge in [-0.1, -0.05) is 0 Å². The zero-order valence-corrected chi connectivity index (χ0v) is 8.69. The second kappa shape index (κ2) is 4.60. The van der Waals surface area contributed by atoms with E-state index < -0.39 is 0 Å². The molecule has 14 heavy (non-hydrogen) atoms. The number of aromatic nitrogens is 1. The minimum absolute atomic E-state index is 0.0402. The van der Waals surface area contributed by atoms with Crippen LogP contribution in [0.25, 0.3) is 0 Å². The van der Waals surface area contributed by atoms with Gasteiger partial charge in [0, 0.05) is 12.3 Å². The Bertz CT molecular complexity index is 315. The molecule has 0 aromatic carbocycles. The van der Waals surface area contributed by atoms with Crippen molar-refractivity contribution in [2.45, 2.75) is 19.9 Å². The van der Waals surface area contributed by atoms with E-state index in [1.165, 1.54) is 0 Å². The quantitative estimate of drug-likeness (QED) is 0.585. The molecule has 0 amide bonds. The molecule has 1 aromatic rings. The van der Waals surface area contributed by atoms with Gasteiger partial charge in [0.15, 0.2) is 0 Å². The molecule has 4 heteroatoms. The molecule has 1 heterocycles. The van der Waals surface area contributed by atoms with Crippen molar-refractivity contribution in [3.8, 4) is 5.88 Å². The SMILES string of the molecule is COc1ccc(C(C)N=C(C)N)cn1. The smallest absolute Gasteiger partial charge is 0.212 e. The number of rotatable bonds is 3. The van der Waals surface area contributed by atoms with Gasteiger partial charge in [-0.05, 0) is 25.5 Å². The van der Waals surface area contributed by atoms with Crippen molar-refractivity contribution in [1.29, 1.82) is 0 Å². The summed E-state index contributed by atoms with van der Waals surface area (Å²) in [6.07, 6.45) is 1.75. The molecule has 0 radical (unpaired) electrons. The van der Waals surface area contributed by atoms with Crippen LogP contribution in [-0.2, 0) is 0 Å². The molecule has 1 rings (SSSR count). The number of nitrogens with zero attached hydrogens (tertiary/aromatic N) is 2. The van der Waals surface area contributed by atoms with E-state index in [2.05, 4.69) is 9.98 Å². The monoisotopic (exact) mass is 193 g/mol. The summed E-state index contributed by atoms with van der Waals surface area (Å²) in [5.41, 5.74) is 6.52. The lowest BCUT2D eigenvalue weighted by Crippen LogP contribution is -2.07. The van der Waals surface area contributed by atoms with Crippen molar-refractivity contribution in [3.63, 3.8) is 0 Å². The van der Waals surface area contributed by atoms with E-state index in [9.17, 15) is 0 Å². The lowest BCUT2D eigenvalue weighted by molar-refractivity contribution is 0.397. The Morgan fingerprint density at radius 3 is 2.71 bits per heavy atom. The first kappa shape index (κ1) is 10.5. The van der Waals surface area contributed by atoms with Crippen LogP contribution in [0.4, 0.5) is 0 Å². The van der Waals surface area contributed by atoms with Crippen molar-refractivity contribution in [2.75, 3.05) is 7.11 Å². The summed E-state index contributed by atoms with van der Waals surface area (Å²) in [6, 6.07) is 3.79. The first-order valence-corrected chi connectivity index (χ1v) is 4.43. The first-order valence-electron chi connectivity index (χ1n) is 4.43. The molecule has 2 N–H and O–H groups in total. The second-order valence-electron chi connectivity index (χ2n) is 3.08. The van der Waals surface area contributed by atoms with Gasteiger partial charge in [0.2, 0.25) is 5.88 Å². The predicted molar refractivity (Wildman–Crippen MR) is 56.5 cm³/mol. The Labute approximate surface area is 83.8 Å². The van der Waals surface area contributed by atoms with E-state index in [-0.39, 0.29) is 6.04 Å². The van der Waals surface area contributed by atoms with Gasteiger partial charge in [0.05, 0.1) is 19.0 Å². The Morgan fingerprint density at radius 2 is 2.29 bits per heavy atom.